The molecule has 170 valence electrons. The van der Waals surface area contributed by atoms with Crippen molar-refractivity contribution in [2.45, 2.75) is 26.4 Å². The summed E-state index contributed by atoms with van der Waals surface area (Å²) in [4.78, 5) is 16.1. The maximum atomic E-state index is 12.4. The van der Waals surface area contributed by atoms with Gasteiger partial charge in [-0.15, -0.1) is 13.2 Å². The number of alkyl halides is 3. The number of carbonyl (C=O) groups is 1. The van der Waals surface area contributed by atoms with Crippen LogP contribution in [0, 0.1) is 6.92 Å². The molecule has 0 amide bonds. The molecule has 0 fully saturated rings. The molecule has 0 atom stereocenters. The van der Waals surface area contributed by atoms with Crippen LogP contribution in [0.25, 0.3) is 11.0 Å². The quantitative estimate of drug-likeness (QED) is 0.394. The minimum atomic E-state index is -4.75. The lowest BCUT2D eigenvalue weighted by Gasteiger charge is -2.13. The van der Waals surface area contributed by atoms with Crippen molar-refractivity contribution in [1.29, 1.82) is 0 Å². The molecule has 1 aromatic heterocycles. The molecule has 0 bridgehead atoms. The van der Waals surface area contributed by atoms with E-state index in [1.807, 2.05) is 29.7 Å². The van der Waals surface area contributed by atoms with Crippen LogP contribution in [0.1, 0.15) is 27.3 Å². The Morgan fingerprint density at radius 2 is 1.79 bits per heavy atom. The number of halogens is 3. The van der Waals surface area contributed by atoms with Gasteiger partial charge in [0.2, 0.25) is 0 Å². The predicted molar refractivity (Wildman–Crippen MR) is 114 cm³/mol. The molecule has 0 unspecified atom stereocenters. The fourth-order valence-corrected chi connectivity index (χ4v) is 3.47. The fourth-order valence-electron chi connectivity index (χ4n) is 3.47. The molecule has 1 N–H and O–H groups in total. The van der Waals surface area contributed by atoms with Gasteiger partial charge in [0.1, 0.15) is 29.5 Å². The number of aryl methyl sites for hydroxylation is 1. The highest BCUT2D eigenvalue weighted by atomic mass is 19.4. The van der Waals surface area contributed by atoms with Gasteiger partial charge in [-0.1, -0.05) is 30.3 Å². The number of carboxylic acids is 1. The smallest absolute Gasteiger partial charge is 0.485 e. The second kappa shape index (κ2) is 8.85. The zero-order valence-electron chi connectivity index (χ0n) is 17.5. The number of carboxylic acid groups (broad SMARTS) is 1. The van der Waals surface area contributed by atoms with Gasteiger partial charge in [0.25, 0.3) is 0 Å². The van der Waals surface area contributed by atoms with Crippen molar-refractivity contribution in [1.82, 2.24) is 9.55 Å². The summed E-state index contributed by atoms with van der Waals surface area (Å²) in [7, 11) is 0. The standard InChI is InChI=1S/C24H19F3N2O4/c1-15-6-11-20-19(12-15)28-22(14-32-21-5-3-2-4-18(21)23(30)31)29(20)13-16-7-9-17(10-8-16)33-24(25,26)27/h2-12H,13-14H2,1H3,(H,30,31). The Labute approximate surface area is 186 Å². The molecular weight excluding hydrogens is 437 g/mol. The Morgan fingerprint density at radius 3 is 2.48 bits per heavy atom. The number of fused-ring (bicyclic) bond motifs is 1. The van der Waals surface area contributed by atoms with E-state index < -0.39 is 12.3 Å². The largest absolute Gasteiger partial charge is 0.573 e. The Bertz CT molecular complexity index is 1300. The van der Waals surface area contributed by atoms with Gasteiger partial charge < -0.3 is 19.1 Å². The summed E-state index contributed by atoms with van der Waals surface area (Å²) in [6.45, 7) is 2.27. The average molecular weight is 456 g/mol. The van der Waals surface area contributed by atoms with Crippen LogP contribution in [0.2, 0.25) is 0 Å². The third kappa shape index (κ3) is 5.25. The first-order chi connectivity index (χ1) is 15.7. The average Bonchev–Trinajstić information content (AvgIpc) is 3.09. The molecule has 33 heavy (non-hydrogen) atoms. The minimum Gasteiger partial charge on any atom is -0.485 e. The van der Waals surface area contributed by atoms with Crippen LogP contribution in [0.4, 0.5) is 13.2 Å². The van der Waals surface area contributed by atoms with E-state index in [-0.39, 0.29) is 23.7 Å². The van der Waals surface area contributed by atoms with Gasteiger partial charge in [0.05, 0.1) is 11.0 Å². The molecule has 4 aromatic rings. The molecule has 9 heteroatoms. The highest BCUT2D eigenvalue weighted by Crippen LogP contribution is 2.25. The van der Waals surface area contributed by atoms with Crippen molar-refractivity contribution in [3.05, 3.63) is 89.2 Å². The third-order valence-electron chi connectivity index (χ3n) is 4.95. The van der Waals surface area contributed by atoms with Crippen LogP contribution in [-0.2, 0) is 13.2 Å². The van der Waals surface area contributed by atoms with Crippen molar-refractivity contribution in [2.75, 3.05) is 0 Å². The number of aromatic carboxylic acids is 1. The van der Waals surface area contributed by atoms with Gasteiger partial charge >= 0.3 is 12.3 Å². The first-order valence-corrected chi connectivity index (χ1v) is 9.95. The second-order valence-electron chi connectivity index (χ2n) is 7.39. The third-order valence-corrected chi connectivity index (χ3v) is 4.95. The number of imidazole rings is 1. The molecule has 3 aromatic carbocycles. The highest BCUT2D eigenvalue weighted by Gasteiger charge is 2.31. The van der Waals surface area contributed by atoms with Crippen molar-refractivity contribution >= 4 is 17.0 Å². The summed E-state index contributed by atoms with van der Waals surface area (Å²) in [6, 6.07) is 17.7. The fraction of sp³-hybridized carbons (Fsp3) is 0.167. The lowest BCUT2D eigenvalue weighted by molar-refractivity contribution is -0.274. The van der Waals surface area contributed by atoms with E-state index >= 15 is 0 Å². The first-order valence-electron chi connectivity index (χ1n) is 9.95. The van der Waals surface area contributed by atoms with Gasteiger partial charge in [-0.3, -0.25) is 0 Å². The summed E-state index contributed by atoms with van der Waals surface area (Å²) in [5, 5.41) is 9.37. The van der Waals surface area contributed by atoms with Crippen molar-refractivity contribution in [3.63, 3.8) is 0 Å². The molecule has 6 nitrogen and oxygen atoms in total. The summed E-state index contributed by atoms with van der Waals surface area (Å²) >= 11 is 0. The molecule has 0 aliphatic rings. The maximum Gasteiger partial charge on any atom is 0.573 e. The van der Waals surface area contributed by atoms with E-state index in [2.05, 4.69) is 9.72 Å². The molecule has 0 radical (unpaired) electrons. The molecule has 0 saturated heterocycles. The molecule has 0 saturated carbocycles. The van der Waals surface area contributed by atoms with E-state index in [0.717, 1.165) is 22.2 Å². The molecule has 1 heterocycles. The van der Waals surface area contributed by atoms with Gasteiger partial charge in [0, 0.05) is 6.54 Å². The summed E-state index contributed by atoms with van der Waals surface area (Å²) < 4.78 is 48.9. The van der Waals surface area contributed by atoms with E-state index in [9.17, 15) is 23.1 Å². The van der Waals surface area contributed by atoms with Gasteiger partial charge in [-0.2, -0.15) is 0 Å². The number of benzene rings is 3. The molecule has 0 aliphatic carbocycles. The molecule has 0 spiro atoms. The molecule has 0 aliphatic heterocycles. The SMILES string of the molecule is Cc1ccc2c(c1)nc(COc1ccccc1C(=O)O)n2Cc1ccc(OC(F)(F)F)cc1. The predicted octanol–water partition coefficient (Wildman–Crippen LogP) is 5.57. The summed E-state index contributed by atoms with van der Waals surface area (Å²) in [5.74, 6) is -0.637. The number of hydrogen-bond donors (Lipinski definition) is 1. The Kier molecular flexibility index (Phi) is 5.95. The van der Waals surface area contributed by atoms with Crippen LogP contribution in [0.5, 0.6) is 11.5 Å². The van der Waals surface area contributed by atoms with Gasteiger partial charge in [0.15, 0.2) is 0 Å². The highest BCUT2D eigenvalue weighted by molar-refractivity contribution is 5.90. The number of nitrogens with zero attached hydrogens (tertiary/aromatic N) is 2. The zero-order valence-corrected chi connectivity index (χ0v) is 17.5. The number of ether oxygens (including phenoxy) is 2. The molecule has 4 rings (SSSR count). The van der Waals surface area contributed by atoms with E-state index in [4.69, 9.17) is 4.74 Å². The monoisotopic (exact) mass is 456 g/mol. The Balaban J connectivity index is 1.63. The number of hydrogen-bond acceptors (Lipinski definition) is 4. The maximum absolute atomic E-state index is 12.4. The zero-order chi connectivity index (χ0) is 23.6. The Morgan fingerprint density at radius 1 is 1.06 bits per heavy atom. The second-order valence-corrected chi connectivity index (χ2v) is 7.39. The van der Waals surface area contributed by atoms with E-state index in [0.29, 0.717) is 12.4 Å². The molecular formula is C24H19F3N2O4. The van der Waals surface area contributed by atoms with E-state index in [1.165, 1.54) is 18.2 Å². The lowest BCUT2D eigenvalue weighted by Crippen LogP contribution is -2.17. The van der Waals surface area contributed by atoms with Crippen LogP contribution >= 0.6 is 0 Å². The number of rotatable bonds is 7. The first kappa shape index (κ1) is 22.2. The summed E-state index contributed by atoms with van der Waals surface area (Å²) in [6.07, 6.45) is -4.75. The van der Waals surface area contributed by atoms with Crippen molar-refractivity contribution in [2.24, 2.45) is 0 Å². The van der Waals surface area contributed by atoms with Crippen molar-refractivity contribution < 1.29 is 32.5 Å². The van der Waals surface area contributed by atoms with Gasteiger partial charge in [-0.25, -0.2) is 9.78 Å². The topological polar surface area (TPSA) is 73.6 Å². The summed E-state index contributed by atoms with van der Waals surface area (Å²) in [5.41, 5.74) is 3.34. The minimum absolute atomic E-state index is 0.00723. The lowest BCUT2D eigenvalue weighted by atomic mass is 10.2. The van der Waals surface area contributed by atoms with Crippen LogP contribution < -0.4 is 9.47 Å². The van der Waals surface area contributed by atoms with Crippen LogP contribution in [0.15, 0.2) is 66.7 Å². The van der Waals surface area contributed by atoms with Crippen LogP contribution in [0.3, 0.4) is 0 Å². The normalized spacial score (nSPS) is 11.5. The van der Waals surface area contributed by atoms with Crippen molar-refractivity contribution in [3.8, 4) is 11.5 Å². The number of aromatic nitrogens is 2. The van der Waals surface area contributed by atoms with Gasteiger partial charge in [-0.05, 0) is 54.4 Å². The Hall–Kier alpha value is -4.01. The van der Waals surface area contributed by atoms with E-state index in [1.54, 1.807) is 30.3 Å². The van der Waals surface area contributed by atoms with Crippen LogP contribution in [-0.4, -0.2) is 27.0 Å². The number of para-hydroxylation sites is 1.